The molecule has 1 N–H and O–H groups in total. The minimum absolute atomic E-state index is 0.0164. The molecule has 1 aliphatic heterocycles. The zero-order valence-corrected chi connectivity index (χ0v) is 23.3. The van der Waals surface area contributed by atoms with Crippen molar-refractivity contribution in [1.29, 1.82) is 0 Å². The molecule has 3 aromatic heterocycles. The second kappa shape index (κ2) is 11.2. The number of carbonyl (C=O) groups is 1. The van der Waals surface area contributed by atoms with Crippen LogP contribution in [-0.4, -0.2) is 47.1 Å². The van der Waals surface area contributed by atoms with Crippen LogP contribution >= 0.6 is 11.8 Å². The molecule has 0 bridgehead atoms. The summed E-state index contributed by atoms with van der Waals surface area (Å²) in [6.45, 7) is 2.49. The molecule has 1 saturated heterocycles. The average molecular weight is 565 g/mol. The highest BCUT2D eigenvalue weighted by atomic mass is 32.2. The summed E-state index contributed by atoms with van der Waals surface area (Å²) in [4.78, 5) is 48.8. The second-order valence-electron chi connectivity index (χ2n) is 10.8. The fraction of sp³-hybridized carbons (Fsp3) is 0.483. The maximum atomic E-state index is 14.1. The maximum Gasteiger partial charge on any atom is 0.333 e. The number of fused-ring (bicyclic) bond motifs is 2. The molecule has 0 spiro atoms. The van der Waals surface area contributed by atoms with Crippen LogP contribution in [0.3, 0.4) is 0 Å². The molecule has 1 amide bonds. The molecule has 210 valence electrons. The smallest absolute Gasteiger partial charge is 0.333 e. The van der Waals surface area contributed by atoms with Crippen LogP contribution in [0.1, 0.15) is 62.9 Å². The Morgan fingerprint density at radius 3 is 2.55 bits per heavy atom. The molecular formula is C29H33FN6O3S. The number of halogens is 1. The summed E-state index contributed by atoms with van der Waals surface area (Å²) in [6.07, 6.45) is 5.52. The number of nitrogens with one attached hydrogen (secondary N) is 1. The van der Waals surface area contributed by atoms with E-state index >= 15 is 0 Å². The summed E-state index contributed by atoms with van der Waals surface area (Å²) in [6, 6.07) is 8.72. The Morgan fingerprint density at radius 2 is 1.77 bits per heavy atom. The molecule has 1 aliphatic carbocycles. The lowest BCUT2D eigenvalue weighted by Gasteiger charge is -2.31. The van der Waals surface area contributed by atoms with Crippen molar-refractivity contribution in [3.05, 3.63) is 69.0 Å². The van der Waals surface area contributed by atoms with E-state index in [1.54, 1.807) is 4.57 Å². The number of pyridine rings is 1. The highest BCUT2D eigenvalue weighted by Gasteiger charge is 2.29. The molecule has 2 fully saturated rings. The van der Waals surface area contributed by atoms with Crippen LogP contribution in [0.5, 0.6) is 0 Å². The number of hydrogen-bond acceptors (Lipinski definition) is 6. The summed E-state index contributed by atoms with van der Waals surface area (Å²) in [5.74, 6) is 2.12. The quantitative estimate of drug-likeness (QED) is 0.378. The third-order valence-electron chi connectivity index (χ3n) is 8.31. The molecule has 0 unspecified atom stereocenters. The van der Waals surface area contributed by atoms with Crippen molar-refractivity contribution in [2.75, 3.05) is 11.5 Å². The van der Waals surface area contributed by atoms with Gasteiger partial charge in [-0.3, -0.25) is 18.7 Å². The average Bonchev–Trinajstić information content (AvgIpc) is 3.28. The molecular weight excluding hydrogens is 531 g/mol. The molecule has 11 heteroatoms. The molecule has 1 aromatic carbocycles. The Hall–Kier alpha value is -3.47. The number of carbonyl (C=O) groups excluding carboxylic acids is 1. The lowest BCUT2D eigenvalue weighted by Crippen LogP contribution is -2.46. The first kappa shape index (κ1) is 26.7. The number of para-hydroxylation sites is 2. The number of imidazole rings is 1. The zero-order chi connectivity index (χ0) is 27.8. The van der Waals surface area contributed by atoms with Gasteiger partial charge in [0.2, 0.25) is 5.91 Å². The first-order valence-electron chi connectivity index (χ1n) is 14.0. The number of nitrogens with zero attached hydrogens (tertiary/aromatic N) is 5. The SMILES string of the molecule is Cc1nc2ccccc2n1CCC(=O)NC1CCC(n2c(=O)c3cc(F)cnc3n(C3CCSCC3)c2=O)CC1. The molecule has 40 heavy (non-hydrogen) atoms. The van der Waals surface area contributed by atoms with Crippen molar-refractivity contribution in [3.8, 4) is 0 Å². The lowest BCUT2D eigenvalue weighted by atomic mass is 9.90. The van der Waals surface area contributed by atoms with Gasteiger partial charge in [0.15, 0.2) is 0 Å². The number of thioether (sulfide) groups is 1. The number of rotatable bonds is 6. The lowest BCUT2D eigenvalue weighted by molar-refractivity contribution is -0.122. The van der Waals surface area contributed by atoms with Gasteiger partial charge in [0, 0.05) is 31.1 Å². The molecule has 6 rings (SSSR count). The number of hydrogen-bond donors (Lipinski definition) is 1. The predicted molar refractivity (Wildman–Crippen MR) is 154 cm³/mol. The van der Waals surface area contributed by atoms with Crippen LogP contribution in [0, 0.1) is 12.7 Å². The van der Waals surface area contributed by atoms with Crippen LogP contribution in [-0.2, 0) is 11.3 Å². The van der Waals surface area contributed by atoms with Crippen molar-refractivity contribution >= 4 is 39.7 Å². The van der Waals surface area contributed by atoms with E-state index in [4.69, 9.17) is 0 Å². The van der Waals surface area contributed by atoms with E-state index in [0.717, 1.165) is 47.4 Å². The number of benzene rings is 1. The van der Waals surface area contributed by atoms with Gasteiger partial charge in [-0.05, 0) is 75.2 Å². The molecule has 9 nitrogen and oxygen atoms in total. The van der Waals surface area contributed by atoms with Crippen LogP contribution in [0.2, 0.25) is 0 Å². The second-order valence-corrected chi connectivity index (χ2v) is 12.0. The molecule has 0 atom stereocenters. The summed E-state index contributed by atoms with van der Waals surface area (Å²) in [5, 5.41) is 3.29. The van der Waals surface area contributed by atoms with Gasteiger partial charge < -0.3 is 9.88 Å². The minimum Gasteiger partial charge on any atom is -0.353 e. The highest BCUT2D eigenvalue weighted by molar-refractivity contribution is 7.99. The summed E-state index contributed by atoms with van der Waals surface area (Å²) >= 11 is 1.85. The topological polar surface area (TPSA) is 104 Å². The van der Waals surface area contributed by atoms with E-state index in [1.165, 1.54) is 10.6 Å². The van der Waals surface area contributed by atoms with Crippen LogP contribution in [0.4, 0.5) is 4.39 Å². The van der Waals surface area contributed by atoms with Gasteiger partial charge in [-0.2, -0.15) is 11.8 Å². The third kappa shape index (κ3) is 5.07. The monoisotopic (exact) mass is 564 g/mol. The van der Waals surface area contributed by atoms with E-state index in [1.807, 2.05) is 43.0 Å². The molecule has 4 aromatic rings. The number of aryl methyl sites for hydroxylation is 2. The van der Waals surface area contributed by atoms with E-state index < -0.39 is 11.4 Å². The maximum absolute atomic E-state index is 14.1. The highest BCUT2D eigenvalue weighted by Crippen LogP contribution is 2.30. The molecule has 0 radical (unpaired) electrons. The van der Waals surface area contributed by atoms with E-state index in [9.17, 15) is 18.8 Å². The predicted octanol–water partition coefficient (Wildman–Crippen LogP) is 4.11. The van der Waals surface area contributed by atoms with Gasteiger partial charge in [-0.25, -0.2) is 19.2 Å². The van der Waals surface area contributed by atoms with E-state index in [0.29, 0.717) is 38.6 Å². The largest absolute Gasteiger partial charge is 0.353 e. The van der Waals surface area contributed by atoms with Gasteiger partial charge in [0.1, 0.15) is 17.3 Å². The Balaban J connectivity index is 1.16. The minimum atomic E-state index is -0.592. The summed E-state index contributed by atoms with van der Waals surface area (Å²) in [5.41, 5.74) is 1.36. The van der Waals surface area contributed by atoms with E-state index in [2.05, 4.69) is 19.9 Å². The van der Waals surface area contributed by atoms with Crippen LogP contribution in [0.15, 0.2) is 46.1 Å². The molecule has 1 saturated carbocycles. The Morgan fingerprint density at radius 1 is 1.05 bits per heavy atom. The first-order valence-corrected chi connectivity index (χ1v) is 15.2. The Bertz CT molecular complexity index is 1680. The number of amides is 1. The van der Waals surface area contributed by atoms with Gasteiger partial charge in [-0.15, -0.1) is 0 Å². The van der Waals surface area contributed by atoms with Crippen molar-refractivity contribution in [2.45, 2.75) is 76.5 Å². The standard InChI is InChI=1S/C29H33FN6O3S/c1-18-32-24-4-2-3-5-25(24)34(18)13-10-26(37)33-20-6-8-21(9-7-20)36-28(38)23-16-19(30)17-31-27(23)35(29(36)39)22-11-14-40-15-12-22/h2-5,16-17,20-22H,6-15H2,1H3,(H,33,37). The van der Waals surface area contributed by atoms with E-state index in [-0.39, 0.29) is 40.8 Å². The van der Waals surface area contributed by atoms with Gasteiger partial charge in [-0.1, -0.05) is 12.1 Å². The number of aromatic nitrogens is 5. The van der Waals surface area contributed by atoms with Crippen molar-refractivity contribution in [3.63, 3.8) is 0 Å². The summed E-state index contributed by atoms with van der Waals surface area (Å²) in [7, 11) is 0. The van der Waals surface area contributed by atoms with Gasteiger partial charge in [0.05, 0.1) is 22.6 Å². The van der Waals surface area contributed by atoms with Crippen molar-refractivity contribution in [2.24, 2.45) is 0 Å². The fourth-order valence-electron chi connectivity index (χ4n) is 6.27. The van der Waals surface area contributed by atoms with Crippen molar-refractivity contribution < 1.29 is 9.18 Å². The normalized spacial score (nSPS) is 20.2. The van der Waals surface area contributed by atoms with Crippen molar-refractivity contribution in [1.82, 2.24) is 29.0 Å². The first-order chi connectivity index (χ1) is 19.4. The summed E-state index contributed by atoms with van der Waals surface area (Å²) < 4.78 is 19.2. The van der Waals surface area contributed by atoms with Gasteiger partial charge >= 0.3 is 5.69 Å². The third-order valence-corrected chi connectivity index (χ3v) is 9.36. The zero-order valence-electron chi connectivity index (χ0n) is 22.5. The van der Waals surface area contributed by atoms with Gasteiger partial charge in [0.25, 0.3) is 5.56 Å². The molecule has 4 heterocycles. The Kier molecular flexibility index (Phi) is 7.48. The van der Waals surface area contributed by atoms with Crippen LogP contribution in [0.25, 0.3) is 22.1 Å². The fourth-order valence-corrected chi connectivity index (χ4v) is 7.35. The van der Waals surface area contributed by atoms with Crippen LogP contribution < -0.4 is 16.6 Å². The molecule has 2 aliphatic rings. The Labute approximate surface area is 234 Å².